The maximum Gasteiger partial charge on any atom is 0.413 e. The van der Waals surface area contributed by atoms with Gasteiger partial charge in [0.05, 0.1) is 12.8 Å². The molecule has 0 aliphatic heterocycles. The second-order valence-electron chi connectivity index (χ2n) is 4.61. The van der Waals surface area contributed by atoms with Crippen molar-refractivity contribution < 1.29 is 23.9 Å². The summed E-state index contributed by atoms with van der Waals surface area (Å²) in [7, 11) is 1.11. The molecule has 0 aromatic carbocycles. The minimum Gasteiger partial charge on any atom is -0.453 e. The first-order chi connectivity index (χ1) is 11.4. The van der Waals surface area contributed by atoms with Crippen molar-refractivity contribution in [3.8, 4) is 0 Å². The van der Waals surface area contributed by atoms with E-state index in [0.29, 0.717) is 11.3 Å². The monoisotopic (exact) mass is 351 g/mol. The largest absolute Gasteiger partial charge is 0.453 e. The fraction of sp³-hybridized carbons (Fsp3) is 0.200. The van der Waals surface area contributed by atoms with Crippen LogP contribution in [0.2, 0.25) is 5.15 Å². The Bertz CT molecular complexity index is 815. The number of carbonyl (C=O) groups is 3. The number of nitrogens with one attached hydrogen (secondary N) is 1. The second-order valence-corrected chi connectivity index (χ2v) is 4.97. The second kappa shape index (κ2) is 7.60. The van der Waals surface area contributed by atoms with Crippen LogP contribution in [0.1, 0.15) is 12.6 Å². The first-order valence-corrected chi connectivity index (χ1v) is 7.20. The number of imide groups is 1. The molecule has 2 heterocycles. The molecule has 8 nitrogen and oxygen atoms in total. The first-order valence-electron chi connectivity index (χ1n) is 6.82. The Hall–Kier alpha value is -2.87. The molecular formula is C15H14ClN3O5. The lowest BCUT2D eigenvalue weighted by Crippen LogP contribution is -2.39. The summed E-state index contributed by atoms with van der Waals surface area (Å²) in [6, 6.07) is 5.36. The van der Waals surface area contributed by atoms with E-state index < -0.39 is 24.1 Å². The van der Waals surface area contributed by atoms with E-state index in [2.05, 4.69) is 9.72 Å². The number of hydrogen-bond donors (Lipinski definition) is 1. The van der Waals surface area contributed by atoms with E-state index in [1.807, 2.05) is 11.4 Å². The molecule has 1 atom stereocenters. The Labute approximate surface area is 142 Å². The molecule has 2 rings (SSSR count). The Morgan fingerprint density at radius 1 is 1.38 bits per heavy atom. The SMILES string of the molecule is COC(=O)NC(=O)[C@@H](C)OC(=O)/C=C/c1c(Cl)nc2ccccn12. The van der Waals surface area contributed by atoms with Gasteiger partial charge in [0, 0.05) is 12.3 Å². The molecule has 0 aliphatic rings. The van der Waals surface area contributed by atoms with E-state index in [1.54, 1.807) is 22.7 Å². The molecule has 0 aliphatic carbocycles. The summed E-state index contributed by atoms with van der Waals surface area (Å²) in [5, 5.41) is 2.12. The van der Waals surface area contributed by atoms with Crippen molar-refractivity contribution in [2.24, 2.45) is 0 Å². The number of hydrogen-bond acceptors (Lipinski definition) is 6. The van der Waals surface area contributed by atoms with Crippen LogP contribution in [0.25, 0.3) is 11.7 Å². The fourth-order valence-electron chi connectivity index (χ4n) is 1.80. The predicted molar refractivity (Wildman–Crippen MR) is 85.3 cm³/mol. The van der Waals surface area contributed by atoms with Crippen LogP contribution in [0.15, 0.2) is 30.5 Å². The number of esters is 1. The van der Waals surface area contributed by atoms with E-state index in [9.17, 15) is 14.4 Å². The van der Waals surface area contributed by atoms with Crippen molar-refractivity contribution in [1.82, 2.24) is 14.7 Å². The summed E-state index contributed by atoms with van der Waals surface area (Å²) >= 11 is 6.03. The van der Waals surface area contributed by atoms with Crippen LogP contribution in [-0.2, 0) is 19.1 Å². The molecule has 24 heavy (non-hydrogen) atoms. The average molecular weight is 352 g/mol. The zero-order valence-electron chi connectivity index (χ0n) is 12.9. The molecule has 0 spiro atoms. The third kappa shape index (κ3) is 4.11. The van der Waals surface area contributed by atoms with Crippen LogP contribution < -0.4 is 5.32 Å². The summed E-state index contributed by atoms with van der Waals surface area (Å²) in [5.41, 5.74) is 1.12. The number of fused-ring (bicyclic) bond motifs is 1. The lowest BCUT2D eigenvalue weighted by atomic mass is 10.3. The Balaban J connectivity index is 2.03. The topological polar surface area (TPSA) is 99.0 Å². The summed E-state index contributed by atoms with van der Waals surface area (Å²) in [5.74, 6) is -1.57. The van der Waals surface area contributed by atoms with Crippen LogP contribution in [-0.4, -0.2) is 40.6 Å². The third-order valence-electron chi connectivity index (χ3n) is 2.97. The van der Waals surface area contributed by atoms with Gasteiger partial charge in [-0.1, -0.05) is 17.7 Å². The number of pyridine rings is 1. The summed E-state index contributed by atoms with van der Waals surface area (Å²) in [6.45, 7) is 1.32. The number of carbonyl (C=O) groups excluding carboxylic acids is 3. The van der Waals surface area contributed by atoms with Crippen molar-refractivity contribution in [2.45, 2.75) is 13.0 Å². The zero-order valence-corrected chi connectivity index (χ0v) is 13.6. The van der Waals surface area contributed by atoms with E-state index in [1.165, 1.54) is 13.0 Å². The van der Waals surface area contributed by atoms with Crippen molar-refractivity contribution in [2.75, 3.05) is 7.11 Å². The maximum absolute atomic E-state index is 11.8. The highest BCUT2D eigenvalue weighted by Crippen LogP contribution is 2.18. The highest BCUT2D eigenvalue weighted by molar-refractivity contribution is 6.31. The standard InChI is InChI=1S/C15H14ClN3O5/c1-9(14(21)18-15(22)23-2)24-12(20)7-6-10-13(16)17-11-5-3-4-8-19(10)11/h3-9H,1-2H3,(H,18,21,22)/b7-6+/t9-/m1/s1. The number of aromatic nitrogens is 2. The number of rotatable bonds is 4. The highest BCUT2D eigenvalue weighted by atomic mass is 35.5. The Morgan fingerprint density at radius 2 is 2.12 bits per heavy atom. The minimum absolute atomic E-state index is 0.224. The van der Waals surface area contributed by atoms with E-state index >= 15 is 0 Å². The minimum atomic E-state index is -1.17. The molecule has 0 fully saturated rings. The molecule has 1 N–H and O–H groups in total. The Kier molecular flexibility index (Phi) is 5.54. The molecule has 0 radical (unpaired) electrons. The Morgan fingerprint density at radius 3 is 2.83 bits per heavy atom. The van der Waals surface area contributed by atoms with Crippen LogP contribution in [0.5, 0.6) is 0 Å². The smallest absolute Gasteiger partial charge is 0.413 e. The van der Waals surface area contributed by atoms with Gasteiger partial charge < -0.3 is 9.47 Å². The summed E-state index contributed by atoms with van der Waals surface area (Å²) in [4.78, 5) is 38.4. The third-order valence-corrected chi connectivity index (χ3v) is 3.25. The molecular weight excluding hydrogens is 338 g/mol. The first kappa shape index (κ1) is 17.5. The fourth-order valence-corrected chi connectivity index (χ4v) is 2.04. The molecule has 0 unspecified atom stereocenters. The molecule has 2 aromatic heterocycles. The van der Waals surface area contributed by atoms with Gasteiger partial charge in [-0.05, 0) is 25.1 Å². The van der Waals surface area contributed by atoms with Gasteiger partial charge in [0.1, 0.15) is 5.65 Å². The van der Waals surface area contributed by atoms with Crippen LogP contribution in [0.4, 0.5) is 4.79 Å². The van der Waals surface area contributed by atoms with Gasteiger partial charge in [-0.15, -0.1) is 0 Å². The van der Waals surface area contributed by atoms with Crippen LogP contribution in [0.3, 0.4) is 0 Å². The molecule has 9 heteroatoms. The highest BCUT2D eigenvalue weighted by Gasteiger charge is 2.19. The lowest BCUT2D eigenvalue weighted by Gasteiger charge is -2.10. The van der Waals surface area contributed by atoms with Gasteiger partial charge in [-0.25, -0.2) is 14.6 Å². The van der Waals surface area contributed by atoms with Crippen molar-refractivity contribution >= 4 is 41.3 Å². The van der Waals surface area contributed by atoms with E-state index in [-0.39, 0.29) is 5.15 Å². The molecule has 0 saturated heterocycles. The van der Waals surface area contributed by atoms with Gasteiger partial charge in [0.2, 0.25) is 0 Å². The number of alkyl carbamates (subject to hydrolysis) is 1. The van der Waals surface area contributed by atoms with Gasteiger partial charge in [0.25, 0.3) is 5.91 Å². The van der Waals surface area contributed by atoms with E-state index in [4.69, 9.17) is 16.3 Å². The molecule has 2 aromatic rings. The van der Waals surface area contributed by atoms with Crippen LogP contribution >= 0.6 is 11.6 Å². The number of nitrogens with zero attached hydrogens (tertiary/aromatic N) is 2. The van der Waals surface area contributed by atoms with Gasteiger partial charge in [0.15, 0.2) is 11.3 Å². The maximum atomic E-state index is 11.8. The quantitative estimate of drug-likeness (QED) is 0.666. The summed E-state index contributed by atoms with van der Waals surface area (Å²) < 4.78 is 10.9. The average Bonchev–Trinajstić information content (AvgIpc) is 2.87. The van der Waals surface area contributed by atoms with Crippen molar-refractivity contribution in [1.29, 1.82) is 0 Å². The van der Waals surface area contributed by atoms with Gasteiger partial charge >= 0.3 is 12.1 Å². The van der Waals surface area contributed by atoms with Crippen molar-refractivity contribution in [3.05, 3.63) is 41.3 Å². The van der Waals surface area contributed by atoms with Gasteiger partial charge in [-0.2, -0.15) is 0 Å². The lowest BCUT2D eigenvalue weighted by molar-refractivity contribution is -0.149. The van der Waals surface area contributed by atoms with E-state index in [0.717, 1.165) is 13.2 Å². The molecule has 126 valence electrons. The van der Waals surface area contributed by atoms with Crippen molar-refractivity contribution in [3.63, 3.8) is 0 Å². The predicted octanol–water partition coefficient (Wildman–Crippen LogP) is 1.82. The zero-order chi connectivity index (χ0) is 17.7. The number of methoxy groups -OCH3 is 1. The summed E-state index contributed by atoms with van der Waals surface area (Å²) in [6.07, 6.45) is 2.18. The normalized spacial score (nSPS) is 12.1. The number of halogens is 1. The number of imidazole rings is 1. The molecule has 2 amide bonds. The molecule has 0 bridgehead atoms. The van der Waals surface area contributed by atoms with Gasteiger partial charge in [-0.3, -0.25) is 14.5 Å². The number of ether oxygens (including phenoxy) is 2. The number of amides is 2. The van der Waals surface area contributed by atoms with Crippen LogP contribution in [0, 0.1) is 0 Å². The molecule has 0 saturated carbocycles.